The van der Waals surface area contributed by atoms with Crippen molar-refractivity contribution >= 4 is 39.2 Å². The molecule has 0 aliphatic heterocycles. The number of carboxylic acid groups (broad SMARTS) is 1. The third-order valence-electron chi connectivity index (χ3n) is 2.52. The lowest BCUT2D eigenvalue weighted by atomic mass is 10.0. The van der Waals surface area contributed by atoms with Gasteiger partial charge in [-0.15, -0.1) is 0 Å². The van der Waals surface area contributed by atoms with Gasteiger partial charge in [0.15, 0.2) is 0 Å². The molecule has 17 heavy (non-hydrogen) atoms. The number of benzene rings is 1. The molecule has 1 aromatic carbocycles. The fourth-order valence-electron chi connectivity index (χ4n) is 1.25. The zero-order valence-corrected chi connectivity index (χ0v) is 11.6. The van der Waals surface area contributed by atoms with Crippen molar-refractivity contribution in [2.75, 3.05) is 5.32 Å². The van der Waals surface area contributed by atoms with Crippen molar-refractivity contribution < 1.29 is 14.3 Å². The minimum Gasteiger partial charge on any atom is -0.481 e. The number of carbonyl (C=O) groups is 1. The molecule has 0 heterocycles. The van der Waals surface area contributed by atoms with Crippen LogP contribution in [0.2, 0.25) is 5.02 Å². The van der Waals surface area contributed by atoms with Crippen molar-refractivity contribution in [1.29, 1.82) is 0 Å². The maximum absolute atomic E-state index is 13.0. The Hall–Kier alpha value is -0.810. The fourth-order valence-corrected chi connectivity index (χ4v) is 2.17. The summed E-state index contributed by atoms with van der Waals surface area (Å²) in [6.45, 7) is 3.32. The minimum absolute atomic E-state index is 0.210. The Balaban J connectivity index is 2.92. The number of rotatable bonds is 4. The van der Waals surface area contributed by atoms with E-state index in [2.05, 4.69) is 21.2 Å². The lowest BCUT2D eigenvalue weighted by Crippen LogP contribution is -2.29. The van der Waals surface area contributed by atoms with Crippen LogP contribution in [0.5, 0.6) is 0 Å². The number of hydrogen-bond donors (Lipinski definition) is 2. The summed E-state index contributed by atoms with van der Waals surface area (Å²) in [5, 5.41) is 12.0. The van der Waals surface area contributed by atoms with Gasteiger partial charge in [-0.1, -0.05) is 11.6 Å². The molecular formula is C11H12BrClFNO2. The van der Waals surface area contributed by atoms with E-state index < -0.39 is 17.7 Å². The molecule has 94 valence electrons. The molecule has 0 fully saturated rings. The zero-order chi connectivity index (χ0) is 13.2. The van der Waals surface area contributed by atoms with Gasteiger partial charge in [0.1, 0.15) is 5.82 Å². The SMILES string of the molecule is CC(Nc1c(Cl)cc(F)cc1Br)C(C)C(=O)O. The van der Waals surface area contributed by atoms with E-state index >= 15 is 0 Å². The Kier molecular flexibility index (Phi) is 4.77. The molecule has 0 bridgehead atoms. The summed E-state index contributed by atoms with van der Waals surface area (Å²) in [5.74, 6) is -1.94. The lowest BCUT2D eigenvalue weighted by molar-refractivity contribution is -0.141. The standard InChI is InChI=1S/C11H12BrClFNO2/c1-5(11(16)17)6(2)15-10-8(12)3-7(14)4-9(10)13/h3-6,15H,1-2H3,(H,16,17). The monoisotopic (exact) mass is 323 g/mol. The molecule has 2 atom stereocenters. The molecule has 3 nitrogen and oxygen atoms in total. The third kappa shape index (κ3) is 3.57. The topological polar surface area (TPSA) is 49.3 Å². The van der Waals surface area contributed by atoms with Crippen LogP contribution < -0.4 is 5.32 Å². The predicted molar refractivity (Wildman–Crippen MR) is 69.0 cm³/mol. The summed E-state index contributed by atoms with van der Waals surface area (Å²) in [5.41, 5.74) is 0.494. The van der Waals surface area contributed by atoms with Crippen LogP contribution in [0.4, 0.5) is 10.1 Å². The van der Waals surface area contributed by atoms with E-state index in [4.69, 9.17) is 16.7 Å². The highest BCUT2D eigenvalue weighted by atomic mass is 79.9. The molecular weight excluding hydrogens is 312 g/mol. The van der Waals surface area contributed by atoms with E-state index in [0.717, 1.165) is 0 Å². The second kappa shape index (κ2) is 5.69. The highest BCUT2D eigenvalue weighted by Crippen LogP contribution is 2.32. The van der Waals surface area contributed by atoms with Gasteiger partial charge >= 0.3 is 5.97 Å². The first kappa shape index (κ1) is 14.3. The first-order valence-electron chi connectivity index (χ1n) is 4.96. The van der Waals surface area contributed by atoms with E-state index in [1.165, 1.54) is 12.1 Å². The number of hydrogen-bond acceptors (Lipinski definition) is 2. The first-order chi connectivity index (χ1) is 7.82. The Morgan fingerprint density at radius 2 is 2.12 bits per heavy atom. The van der Waals surface area contributed by atoms with Crippen LogP contribution in [-0.4, -0.2) is 17.1 Å². The van der Waals surface area contributed by atoms with Crippen LogP contribution in [0.1, 0.15) is 13.8 Å². The van der Waals surface area contributed by atoms with Crippen molar-refractivity contribution in [2.24, 2.45) is 5.92 Å². The summed E-state index contributed by atoms with van der Waals surface area (Å²) in [4.78, 5) is 10.8. The molecule has 2 unspecified atom stereocenters. The summed E-state index contributed by atoms with van der Waals surface area (Å²) in [6.07, 6.45) is 0. The Morgan fingerprint density at radius 3 is 2.59 bits per heavy atom. The van der Waals surface area contributed by atoms with Crippen molar-refractivity contribution in [3.8, 4) is 0 Å². The predicted octanol–water partition coefficient (Wildman–Crippen LogP) is 3.76. The van der Waals surface area contributed by atoms with Crippen LogP contribution in [-0.2, 0) is 4.79 Å². The molecule has 1 aromatic rings. The molecule has 1 rings (SSSR count). The number of nitrogens with one attached hydrogen (secondary N) is 1. The van der Waals surface area contributed by atoms with Crippen LogP contribution >= 0.6 is 27.5 Å². The van der Waals surface area contributed by atoms with Gasteiger partial charge in [-0.3, -0.25) is 4.79 Å². The molecule has 0 spiro atoms. The van der Waals surface area contributed by atoms with E-state index in [0.29, 0.717) is 10.2 Å². The summed E-state index contributed by atoms with van der Waals surface area (Å²) in [7, 11) is 0. The molecule has 0 saturated carbocycles. The van der Waals surface area contributed by atoms with Gasteiger partial charge in [-0.25, -0.2) is 4.39 Å². The van der Waals surface area contributed by atoms with Crippen molar-refractivity contribution in [3.05, 3.63) is 27.4 Å². The van der Waals surface area contributed by atoms with E-state index in [-0.39, 0.29) is 11.1 Å². The largest absolute Gasteiger partial charge is 0.481 e. The van der Waals surface area contributed by atoms with Crippen molar-refractivity contribution in [3.63, 3.8) is 0 Å². The Labute approximate surface area is 112 Å². The molecule has 0 amide bonds. The third-order valence-corrected chi connectivity index (χ3v) is 3.44. The molecule has 6 heteroatoms. The summed E-state index contributed by atoms with van der Waals surface area (Å²) >= 11 is 9.06. The van der Waals surface area contributed by atoms with Gasteiger partial charge in [0.2, 0.25) is 0 Å². The highest BCUT2D eigenvalue weighted by molar-refractivity contribution is 9.10. The molecule has 0 radical (unpaired) electrons. The average Bonchev–Trinajstić information content (AvgIpc) is 2.21. The van der Waals surface area contributed by atoms with Crippen molar-refractivity contribution in [2.45, 2.75) is 19.9 Å². The smallest absolute Gasteiger partial charge is 0.308 e. The number of anilines is 1. The first-order valence-corrected chi connectivity index (χ1v) is 6.14. The minimum atomic E-state index is -0.903. The quantitative estimate of drug-likeness (QED) is 0.886. The van der Waals surface area contributed by atoms with E-state index in [1.54, 1.807) is 13.8 Å². The van der Waals surface area contributed by atoms with Crippen LogP contribution in [0.15, 0.2) is 16.6 Å². The van der Waals surface area contributed by atoms with Crippen LogP contribution in [0, 0.1) is 11.7 Å². The lowest BCUT2D eigenvalue weighted by Gasteiger charge is -2.20. The number of aliphatic carboxylic acids is 1. The second-order valence-electron chi connectivity index (χ2n) is 3.80. The fraction of sp³-hybridized carbons (Fsp3) is 0.364. The number of halogens is 3. The van der Waals surface area contributed by atoms with E-state index in [9.17, 15) is 9.18 Å². The maximum atomic E-state index is 13.0. The summed E-state index contributed by atoms with van der Waals surface area (Å²) < 4.78 is 13.5. The molecule has 0 aliphatic rings. The van der Waals surface area contributed by atoms with Gasteiger partial charge in [0.05, 0.1) is 16.6 Å². The molecule has 0 saturated heterocycles. The Morgan fingerprint density at radius 1 is 1.53 bits per heavy atom. The van der Waals surface area contributed by atoms with Gasteiger partial charge < -0.3 is 10.4 Å². The zero-order valence-electron chi connectivity index (χ0n) is 9.30. The highest BCUT2D eigenvalue weighted by Gasteiger charge is 2.21. The van der Waals surface area contributed by atoms with Gasteiger partial charge in [0.25, 0.3) is 0 Å². The van der Waals surface area contributed by atoms with Crippen molar-refractivity contribution in [1.82, 2.24) is 0 Å². The van der Waals surface area contributed by atoms with Crippen LogP contribution in [0.3, 0.4) is 0 Å². The van der Waals surface area contributed by atoms with Gasteiger partial charge in [-0.2, -0.15) is 0 Å². The van der Waals surface area contributed by atoms with E-state index in [1.807, 2.05) is 0 Å². The average molecular weight is 325 g/mol. The summed E-state index contributed by atoms with van der Waals surface area (Å²) in [6, 6.07) is 2.12. The number of carboxylic acids is 1. The maximum Gasteiger partial charge on any atom is 0.308 e. The van der Waals surface area contributed by atoms with Gasteiger partial charge in [0, 0.05) is 10.5 Å². The normalized spacial score (nSPS) is 14.2. The van der Waals surface area contributed by atoms with Gasteiger partial charge in [-0.05, 0) is 41.9 Å². The second-order valence-corrected chi connectivity index (χ2v) is 5.07. The molecule has 0 aromatic heterocycles. The molecule has 0 aliphatic carbocycles. The Bertz CT molecular complexity index is 418. The van der Waals surface area contributed by atoms with Crippen LogP contribution in [0.25, 0.3) is 0 Å². The molecule has 2 N–H and O–H groups in total.